The van der Waals surface area contributed by atoms with Crippen LogP contribution in [0.2, 0.25) is 0 Å². The van der Waals surface area contributed by atoms with Gasteiger partial charge in [0.2, 0.25) is 0 Å². The first-order valence-corrected chi connectivity index (χ1v) is 7.75. The summed E-state index contributed by atoms with van der Waals surface area (Å²) in [6.45, 7) is 8.59. The summed E-state index contributed by atoms with van der Waals surface area (Å²) in [5.74, 6) is 0. The minimum Gasteiger partial charge on any atom is -0.378 e. The van der Waals surface area contributed by atoms with E-state index in [1.54, 1.807) is 0 Å². The van der Waals surface area contributed by atoms with Gasteiger partial charge >= 0.3 is 0 Å². The number of halogens is 1. The van der Waals surface area contributed by atoms with E-state index in [0.29, 0.717) is 5.56 Å². The molecule has 2 aromatic carbocycles. The third-order valence-electron chi connectivity index (χ3n) is 3.64. The third kappa shape index (κ3) is 3.46. The van der Waals surface area contributed by atoms with Crippen molar-refractivity contribution < 1.29 is 0 Å². The lowest BCUT2D eigenvalue weighted by Crippen LogP contribution is -2.10. The van der Waals surface area contributed by atoms with E-state index in [9.17, 15) is 0 Å². The molecule has 0 bridgehead atoms. The summed E-state index contributed by atoms with van der Waals surface area (Å²) in [6.07, 6.45) is 0. The van der Waals surface area contributed by atoms with Gasteiger partial charge in [0.15, 0.2) is 0 Å². The van der Waals surface area contributed by atoms with Crippen molar-refractivity contribution in [3.63, 3.8) is 0 Å². The monoisotopic (exact) mass is 342 g/mol. The second kappa shape index (κ2) is 6.32. The molecule has 21 heavy (non-hydrogen) atoms. The van der Waals surface area contributed by atoms with Gasteiger partial charge in [0.05, 0.1) is 11.6 Å². The van der Waals surface area contributed by atoms with Gasteiger partial charge in [-0.3, -0.25) is 0 Å². The number of nitrogens with zero attached hydrogens (tertiary/aromatic N) is 1. The average molecular weight is 343 g/mol. The molecule has 0 saturated heterocycles. The van der Waals surface area contributed by atoms with Gasteiger partial charge in [0, 0.05) is 16.2 Å². The highest BCUT2D eigenvalue weighted by molar-refractivity contribution is 9.10. The molecule has 0 aromatic heterocycles. The molecule has 0 aliphatic heterocycles. The Kier molecular flexibility index (Phi) is 4.69. The van der Waals surface area contributed by atoms with Gasteiger partial charge in [-0.05, 0) is 78.5 Å². The van der Waals surface area contributed by atoms with Crippen molar-refractivity contribution in [1.29, 1.82) is 5.26 Å². The van der Waals surface area contributed by atoms with Crippen LogP contribution < -0.4 is 5.32 Å². The zero-order valence-corrected chi connectivity index (χ0v) is 14.4. The lowest BCUT2D eigenvalue weighted by atomic mass is 9.94. The maximum absolute atomic E-state index is 8.92. The number of nitrogens with one attached hydrogen (secondary N) is 1. The lowest BCUT2D eigenvalue weighted by molar-refractivity contribution is 0.861. The molecular formula is C18H19BrN2. The molecule has 2 aromatic rings. The fourth-order valence-corrected chi connectivity index (χ4v) is 3.37. The average Bonchev–Trinajstić information content (AvgIpc) is 2.39. The van der Waals surface area contributed by atoms with E-state index in [1.165, 1.54) is 22.3 Å². The van der Waals surface area contributed by atoms with Crippen LogP contribution in [0.25, 0.3) is 0 Å². The van der Waals surface area contributed by atoms with Crippen molar-refractivity contribution in [2.45, 2.75) is 33.7 Å². The molecule has 2 nitrogen and oxygen atoms in total. The van der Waals surface area contributed by atoms with Gasteiger partial charge in [0.25, 0.3) is 0 Å². The number of nitriles is 1. The molecule has 0 heterocycles. The van der Waals surface area contributed by atoms with Gasteiger partial charge in [-0.2, -0.15) is 5.26 Å². The predicted molar refractivity (Wildman–Crippen MR) is 91.5 cm³/mol. The second-order valence-electron chi connectivity index (χ2n) is 5.48. The summed E-state index contributed by atoms with van der Waals surface area (Å²) in [4.78, 5) is 0. The molecule has 108 valence electrons. The van der Waals surface area contributed by atoms with E-state index in [0.717, 1.165) is 10.2 Å². The summed E-state index contributed by atoms with van der Waals surface area (Å²) in [7, 11) is 0. The zero-order chi connectivity index (χ0) is 15.6. The van der Waals surface area contributed by atoms with E-state index in [1.807, 2.05) is 18.2 Å². The van der Waals surface area contributed by atoms with Crippen molar-refractivity contribution >= 4 is 21.6 Å². The minimum atomic E-state index is 0.204. The highest BCUT2D eigenvalue weighted by atomic mass is 79.9. The quantitative estimate of drug-likeness (QED) is 0.808. The van der Waals surface area contributed by atoms with Crippen molar-refractivity contribution in [3.8, 4) is 6.07 Å². The molecule has 0 saturated carbocycles. The van der Waals surface area contributed by atoms with Gasteiger partial charge in [0.1, 0.15) is 0 Å². The molecule has 0 aliphatic carbocycles. The fourth-order valence-electron chi connectivity index (χ4n) is 2.88. The summed E-state index contributed by atoms with van der Waals surface area (Å²) in [5.41, 5.74) is 6.88. The first kappa shape index (κ1) is 15.6. The predicted octanol–water partition coefficient (Wildman–Crippen LogP) is 5.42. The van der Waals surface area contributed by atoms with Gasteiger partial charge in [-0.15, -0.1) is 0 Å². The number of benzene rings is 2. The van der Waals surface area contributed by atoms with Crippen molar-refractivity contribution in [1.82, 2.24) is 0 Å². The third-order valence-corrected chi connectivity index (χ3v) is 4.30. The van der Waals surface area contributed by atoms with E-state index < -0.39 is 0 Å². The van der Waals surface area contributed by atoms with E-state index >= 15 is 0 Å². The number of hydrogen-bond donors (Lipinski definition) is 1. The standard InChI is InChI=1S/C18H19BrN2/c1-11-7-12(2)18(13(3)8-11)14(4)21-17-6-5-15(10-20)9-16(17)19/h5-9,14,21H,1-4H3. The largest absolute Gasteiger partial charge is 0.378 e. The Labute approximate surface area is 134 Å². The Bertz CT molecular complexity index is 691. The van der Waals surface area contributed by atoms with Crippen LogP contribution in [0.4, 0.5) is 5.69 Å². The first-order chi connectivity index (χ1) is 9.92. The Morgan fingerprint density at radius 3 is 2.24 bits per heavy atom. The lowest BCUT2D eigenvalue weighted by Gasteiger charge is -2.21. The molecule has 0 spiro atoms. The Balaban J connectivity index is 2.31. The molecule has 1 N–H and O–H groups in total. The SMILES string of the molecule is Cc1cc(C)c(C(C)Nc2ccc(C#N)cc2Br)c(C)c1. The highest BCUT2D eigenvalue weighted by Gasteiger charge is 2.13. The molecule has 3 heteroatoms. The normalized spacial score (nSPS) is 11.8. The van der Waals surface area contributed by atoms with Crippen LogP contribution in [0.1, 0.15) is 40.8 Å². The molecule has 0 radical (unpaired) electrons. The maximum Gasteiger partial charge on any atom is 0.0992 e. The number of aryl methyl sites for hydroxylation is 3. The highest BCUT2D eigenvalue weighted by Crippen LogP contribution is 2.30. The van der Waals surface area contributed by atoms with Crippen LogP contribution in [0.15, 0.2) is 34.8 Å². The fraction of sp³-hybridized carbons (Fsp3) is 0.278. The van der Waals surface area contributed by atoms with E-state index in [-0.39, 0.29) is 6.04 Å². The zero-order valence-electron chi connectivity index (χ0n) is 12.8. The van der Waals surface area contributed by atoms with E-state index in [2.05, 4.69) is 67.1 Å². The summed E-state index contributed by atoms with van der Waals surface area (Å²) in [6, 6.07) is 12.4. The number of anilines is 1. The van der Waals surface area contributed by atoms with Crippen molar-refractivity contribution in [3.05, 3.63) is 62.6 Å². The van der Waals surface area contributed by atoms with Crippen LogP contribution in [-0.4, -0.2) is 0 Å². The summed E-state index contributed by atoms with van der Waals surface area (Å²) in [5, 5.41) is 12.4. The van der Waals surface area contributed by atoms with Crippen LogP contribution in [0.3, 0.4) is 0 Å². The maximum atomic E-state index is 8.92. The smallest absolute Gasteiger partial charge is 0.0992 e. The molecule has 0 amide bonds. The van der Waals surface area contributed by atoms with Crippen LogP contribution in [0, 0.1) is 32.1 Å². The number of rotatable bonds is 3. The Hall–Kier alpha value is -1.79. The van der Waals surface area contributed by atoms with Gasteiger partial charge in [-0.1, -0.05) is 17.7 Å². The first-order valence-electron chi connectivity index (χ1n) is 6.96. The molecule has 1 unspecified atom stereocenters. The van der Waals surface area contributed by atoms with Crippen LogP contribution in [-0.2, 0) is 0 Å². The second-order valence-corrected chi connectivity index (χ2v) is 6.34. The molecule has 2 rings (SSSR count). The van der Waals surface area contributed by atoms with Gasteiger partial charge in [-0.25, -0.2) is 0 Å². The summed E-state index contributed by atoms with van der Waals surface area (Å²) >= 11 is 3.52. The number of hydrogen-bond acceptors (Lipinski definition) is 2. The van der Waals surface area contributed by atoms with Crippen molar-refractivity contribution in [2.75, 3.05) is 5.32 Å². The summed E-state index contributed by atoms with van der Waals surface area (Å²) < 4.78 is 0.913. The Morgan fingerprint density at radius 1 is 1.10 bits per heavy atom. The molecule has 0 aliphatic rings. The Morgan fingerprint density at radius 2 is 1.71 bits per heavy atom. The van der Waals surface area contributed by atoms with Crippen LogP contribution >= 0.6 is 15.9 Å². The molecular weight excluding hydrogens is 324 g/mol. The molecule has 1 atom stereocenters. The topological polar surface area (TPSA) is 35.8 Å². The van der Waals surface area contributed by atoms with Gasteiger partial charge < -0.3 is 5.32 Å². The van der Waals surface area contributed by atoms with Crippen molar-refractivity contribution in [2.24, 2.45) is 0 Å². The van der Waals surface area contributed by atoms with Crippen LogP contribution in [0.5, 0.6) is 0 Å². The van der Waals surface area contributed by atoms with E-state index in [4.69, 9.17) is 5.26 Å². The molecule has 0 fully saturated rings. The minimum absolute atomic E-state index is 0.204.